The Morgan fingerprint density at radius 3 is 2.68 bits per heavy atom. The quantitative estimate of drug-likeness (QED) is 0.844. The lowest BCUT2D eigenvalue weighted by atomic mass is 10.0. The average molecular weight is 281 g/mol. The third-order valence-corrected chi connectivity index (χ3v) is 3.67. The molecule has 0 atom stereocenters. The fraction of sp³-hybridized carbons (Fsp3) is 0.615. The molecule has 0 unspecified atom stereocenters. The maximum Gasteiger partial charge on any atom is 0.244 e. The molecule has 2 N–H and O–H groups in total. The van der Waals surface area contributed by atoms with E-state index in [1.54, 1.807) is 0 Å². The monoisotopic (exact) mass is 281 g/mol. The molecule has 0 saturated carbocycles. The van der Waals surface area contributed by atoms with Gasteiger partial charge in [0.05, 0.1) is 17.9 Å². The predicted molar refractivity (Wildman–Crippen MR) is 76.4 cm³/mol. The van der Waals surface area contributed by atoms with E-state index < -0.39 is 0 Å². The smallest absolute Gasteiger partial charge is 0.244 e. The molecule has 0 aromatic carbocycles. The summed E-state index contributed by atoms with van der Waals surface area (Å²) < 4.78 is 11.1. The molecule has 1 fully saturated rings. The van der Waals surface area contributed by atoms with Gasteiger partial charge in [-0.2, -0.15) is 5.10 Å². The highest BCUT2D eigenvalue weighted by Gasteiger charge is 2.18. The Kier molecular flexibility index (Phi) is 4.66. The summed E-state index contributed by atoms with van der Waals surface area (Å²) in [5.74, 6) is 0.943. The first kappa shape index (κ1) is 14.1. The molecule has 0 spiro atoms. The lowest BCUT2D eigenvalue weighted by Crippen LogP contribution is -2.23. The first-order valence-electron chi connectivity index (χ1n) is 6.43. The third kappa shape index (κ3) is 3.39. The van der Waals surface area contributed by atoms with E-state index in [4.69, 9.17) is 27.4 Å². The van der Waals surface area contributed by atoms with Crippen molar-refractivity contribution in [2.45, 2.75) is 26.7 Å². The fourth-order valence-electron chi connectivity index (χ4n) is 2.09. The first-order valence-corrected chi connectivity index (χ1v) is 6.84. The van der Waals surface area contributed by atoms with Crippen LogP contribution < -0.4 is 10.5 Å². The molecule has 19 heavy (non-hydrogen) atoms. The van der Waals surface area contributed by atoms with Crippen LogP contribution in [0.15, 0.2) is 0 Å². The topological polar surface area (TPSA) is 70.3 Å². The highest BCUT2D eigenvalue weighted by atomic mass is 32.1. The molecule has 1 saturated heterocycles. The lowest BCUT2D eigenvalue weighted by Gasteiger charge is -2.22. The van der Waals surface area contributed by atoms with Crippen molar-refractivity contribution in [1.29, 1.82) is 0 Å². The normalized spacial score (nSPS) is 16.3. The summed E-state index contributed by atoms with van der Waals surface area (Å²) in [6, 6.07) is 0. The van der Waals surface area contributed by atoms with Crippen molar-refractivity contribution in [3.8, 4) is 5.88 Å². The number of thiocarbonyl (C=S) groups is 1. The summed E-state index contributed by atoms with van der Waals surface area (Å²) >= 11 is 5.08. The third-order valence-electron chi connectivity index (χ3n) is 3.47. The van der Waals surface area contributed by atoms with Gasteiger partial charge in [-0.05, 0) is 38.2 Å². The van der Waals surface area contributed by atoms with Crippen LogP contribution in [0.3, 0.4) is 0 Å². The van der Waals surface area contributed by atoms with Gasteiger partial charge in [0.2, 0.25) is 5.88 Å². The molecule has 0 amide bonds. The molecule has 1 aromatic rings. The molecule has 1 aliphatic rings. The van der Waals surface area contributed by atoms with Crippen LogP contribution in [0.4, 0.5) is 0 Å². The minimum atomic E-state index is 0.303. The van der Waals surface area contributed by atoms with Gasteiger partial charge in [-0.3, -0.25) is 0 Å². The van der Waals surface area contributed by atoms with Crippen LogP contribution >= 0.6 is 12.2 Å². The molecule has 0 radical (unpaired) electrons. The SMILES string of the molecule is Cc1nnc(OCC2CCOCC2)c(C(N)=S)c1C. The van der Waals surface area contributed by atoms with Gasteiger partial charge in [0, 0.05) is 13.2 Å². The fourth-order valence-corrected chi connectivity index (χ4v) is 2.33. The lowest BCUT2D eigenvalue weighted by molar-refractivity contribution is 0.0488. The second kappa shape index (κ2) is 6.25. The molecule has 1 aromatic heterocycles. The number of hydrogen-bond donors (Lipinski definition) is 1. The first-order chi connectivity index (χ1) is 9.09. The summed E-state index contributed by atoms with van der Waals surface area (Å²) in [5.41, 5.74) is 8.22. The number of rotatable bonds is 4. The number of ether oxygens (including phenoxy) is 2. The van der Waals surface area contributed by atoms with Gasteiger partial charge in [0.1, 0.15) is 4.99 Å². The molecule has 0 aliphatic carbocycles. The van der Waals surface area contributed by atoms with E-state index in [9.17, 15) is 0 Å². The summed E-state index contributed by atoms with van der Waals surface area (Å²) in [4.78, 5) is 0.303. The zero-order valence-electron chi connectivity index (χ0n) is 11.3. The predicted octanol–water partition coefficient (Wildman–Crippen LogP) is 1.53. The number of hydrogen-bond acceptors (Lipinski definition) is 5. The van der Waals surface area contributed by atoms with Crippen molar-refractivity contribution in [3.05, 3.63) is 16.8 Å². The average Bonchev–Trinajstić information content (AvgIpc) is 2.41. The van der Waals surface area contributed by atoms with E-state index in [-0.39, 0.29) is 0 Å². The summed E-state index contributed by atoms with van der Waals surface area (Å²) in [6.07, 6.45) is 2.03. The summed E-state index contributed by atoms with van der Waals surface area (Å²) in [7, 11) is 0. The van der Waals surface area contributed by atoms with E-state index >= 15 is 0 Å². The second-order valence-electron chi connectivity index (χ2n) is 4.82. The van der Waals surface area contributed by atoms with Crippen molar-refractivity contribution >= 4 is 17.2 Å². The minimum Gasteiger partial charge on any atom is -0.476 e. The van der Waals surface area contributed by atoms with Crippen molar-refractivity contribution in [2.24, 2.45) is 11.7 Å². The number of aryl methyl sites for hydroxylation is 1. The van der Waals surface area contributed by atoms with Crippen LogP contribution in [0.5, 0.6) is 5.88 Å². The van der Waals surface area contributed by atoms with Gasteiger partial charge >= 0.3 is 0 Å². The van der Waals surface area contributed by atoms with Crippen LogP contribution in [0.1, 0.15) is 29.7 Å². The van der Waals surface area contributed by atoms with Crippen LogP contribution in [0.2, 0.25) is 0 Å². The highest BCUT2D eigenvalue weighted by Crippen LogP contribution is 2.22. The maximum atomic E-state index is 5.78. The Balaban J connectivity index is 2.11. The van der Waals surface area contributed by atoms with Gasteiger partial charge in [-0.25, -0.2) is 0 Å². The van der Waals surface area contributed by atoms with Crippen molar-refractivity contribution in [2.75, 3.05) is 19.8 Å². The van der Waals surface area contributed by atoms with E-state index in [1.165, 1.54) is 0 Å². The van der Waals surface area contributed by atoms with Crippen molar-refractivity contribution < 1.29 is 9.47 Å². The maximum absolute atomic E-state index is 5.78. The molecule has 6 heteroatoms. The summed E-state index contributed by atoms with van der Waals surface area (Å²) in [6.45, 7) is 6.02. The van der Waals surface area contributed by atoms with E-state index in [2.05, 4.69) is 10.2 Å². The van der Waals surface area contributed by atoms with Crippen LogP contribution in [0.25, 0.3) is 0 Å². The number of nitrogens with zero attached hydrogens (tertiary/aromatic N) is 2. The van der Waals surface area contributed by atoms with Crippen LogP contribution in [-0.2, 0) is 4.74 Å². The standard InChI is InChI=1S/C13H19N3O2S/c1-8-9(2)15-16-13(11(8)12(14)19)18-7-10-3-5-17-6-4-10/h10H,3-7H2,1-2H3,(H2,14,19). The second-order valence-corrected chi connectivity index (χ2v) is 5.26. The van der Waals surface area contributed by atoms with Crippen molar-refractivity contribution in [1.82, 2.24) is 10.2 Å². The van der Waals surface area contributed by atoms with Gasteiger partial charge in [-0.1, -0.05) is 12.2 Å². The largest absolute Gasteiger partial charge is 0.476 e. The van der Waals surface area contributed by atoms with Gasteiger partial charge < -0.3 is 15.2 Å². The molecule has 1 aliphatic heterocycles. The molecule has 2 heterocycles. The van der Waals surface area contributed by atoms with E-state index in [0.717, 1.165) is 37.3 Å². The minimum absolute atomic E-state index is 0.303. The van der Waals surface area contributed by atoms with Gasteiger partial charge in [0.15, 0.2) is 0 Å². The molecular weight excluding hydrogens is 262 g/mol. The number of aromatic nitrogens is 2. The Morgan fingerprint density at radius 2 is 2.05 bits per heavy atom. The van der Waals surface area contributed by atoms with Gasteiger partial charge in [-0.15, -0.1) is 5.10 Å². The molecule has 2 rings (SSSR count). The zero-order valence-corrected chi connectivity index (χ0v) is 12.1. The summed E-state index contributed by atoms with van der Waals surface area (Å²) in [5, 5.41) is 8.14. The van der Waals surface area contributed by atoms with E-state index in [1.807, 2.05) is 13.8 Å². The van der Waals surface area contributed by atoms with Crippen molar-refractivity contribution in [3.63, 3.8) is 0 Å². The Morgan fingerprint density at radius 1 is 1.37 bits per heavy atom. The molecular formula is C13H19N3O2S. The zero-order chi connectivity index (χ0) is 13.8. The van der Waals surface area contributed by atoms with Crippen LogP contribution in [0, 0.1) is 19.8 Å². The Bertz CT molecular complexity index is 473. The molecule has 104 valence electrons. The number of nitrogens with two attached hydrogens (primary N) is 1. The van der Waals surface area contributed by atoms with Gasteiger partial charge in [0.25, 0.3) is 0 Å². The van der Waals surface area contributed by atoms with E-state index in [0.29, 0.717) is 29.0 Å². The molecule has 5 nitrogen and oxygen atoms in total. The Hall–Kier alpha value is -1.27. The highest BCUT2D eigenvalue weighted by molar-refractivity contribution is 7.80. The Labute approximate surface area is 118 Å². The molecule has 0 bridgehead atoms. The van der Waals surface area contributed by atoms with Crippen LogP contribution in [-0.4, -0.2) is 35.0 Å².